The summed E-state index contributed by atoms with van der Waals surface area (Å²) < 4.78 is 4.75. The van der Waals surface area contributed by atoms with Gasteiger partial charge < -0.3 is 15.4 Å². The predicted molar refractivity (Wildman–Crippen MR) is 74.2 cm³/mol. The van der Waals surface area contributed by atoms with E-state index >= 15 is 0 Å². The molecule has 0 saturated carbocycles. The molecule has 0 fully saturated rings. The second-order valence-corrected chi connectivity index (χ2v) is 4.33. The zero-order chi connectivity index (χ0) is 14.3. The Kier molecular flexibility index (Phi) is 5.85. The number of carbonyl (C=O) groups excluding carboxylic acids is 2. The monoisotopic (exact) mass is 264 g/mol. The summed E-state index contributed by atoms with van der Waals surface area (Å²) in [5.41, 5.74) is 1.26. The first-order chi connectivity index (χ1) is 9.04. The Hall–Kier alpha value is -2.04. The molecule has 2 N–H and O–H groups in total. The average Bonchev–Trinajstić information content (AvgIpc) is 2.36. The highest BCUT2D eigenvalue weighted by Crippen LogP contribution is 2.15. The lowest BCUT2D eigenvalue weighted by molar-refractivity contribution is -0.141. The molecule has 5 nitrogen and oxygen atoms in total. The Morgan fingerprint density at radius 3 is 2.58 bits per heavy atom. The minimum atomic E-state index is -0.440. The van der Waals surface area contributed by atoms with Gasteiger partial charge in [0.05, 0.1) is 12.2 Å². The quantitative estimate of drug-likeness (QED) is 0.769. The third-order valence-electron chi connectivity index (χ3n) is 2.31. The molecular formula is C14H20N2O3. The first kappa shape index (κ1) is 15.0. The molecule has 0 atom stereocenters. The second-order valence-electron chi connectivity index (χ2n) is 4.33. The number of hydrogen-bond acceptors (Lipinski definition) is 4. The Morgan fingerprint density at radius 2 is 1.95 bits per heavy atom. The maximum atomic E-state index is 12.0. The van der Waals surface area contributed by atoms with E-state index in [1.807, 2.05) is 26.0 Å². The van der Waals surface area contributed by atoms with Crippen molar-refractivity contribution in [1.82, 2.24) is 5.32 Å². The summed E-state index contributed by atoms with van der Waals surface area (Å²) in [6.07, 6.45) is 0. The van der Waals surface area contributed by atoms with Crippen molar-refractivity contribution in [2.75, 3.05) is 18.5 Å². The minimum absolute atomic E-state index is 0.122. The van der Waals surface area contributed by atoms with Crippen LogP contribution in [0.15, 0.2) is 24.3 Å². The molecule has 0 radical (unpaired) electrons. The fourth-order valence-electron chi connectivity index (χ4n) is 1.58. The molecule has 0 aromatic heterocycles. The van der Waals surface area contributed by atoms with Crippen molar-refractivity contribution >= 4 is 17.6 Å². The maximum Gasteiger partial charge on any atom is 0.325 e. The summed E-state index contributed by atoms with van der Waals surface area (Å²) in [6.45, 7) is 5.89. The number of amides is 1. The number of carbonyl (C=O) groups is 2. The summed E-state index contributed by atoms with van der Waals surface area (Å²) >= 11 is 0. The van der Waals surface area contributed by atoms with E-state index in [0.29, 0.717) is 12.2 Å². The second kappa shape index (κ2) is 7.41. The molecule has 1 rings (SSSR count). The Balaban J connectivity index is 2.68. The van der Waals surface area contributed by atoms with Crippen LogP contribution in [0, 0.1) is 0 Å². The fraction of sp³-hybridized carbons (Fsp3) is 0.429. The van der Waals surface area contributed by atoms with E-state index in [2.05, 4.69) is 10.6 Å². The van der Waals surface area contributed by atoms with E-state index in [4.69, 9.17) is 4.74 Å². The van der Waals surface area contributed by atoms with Gasteiger partial charge in [-0.2, -0.15) is 0 Å². The zero-order valence-electron chi connectivity index (χ0n) is 11.5. The van der Waals surface area contributed by atoms with Crippen molar-refractivity contribution in [2.24, 2.45) is 0 Å². The fourth-order valence-corrected chi connectivity index (χ4v) is 1.58. The standard InChI is InChI=1S/C14H20N2O3/c1-4-19-13(17)9-15-14(18)11-7-5-6-8-12(11)16-10(2)3/h5-8,10,16H,4,9H2,1-3H3,(H,15,18). The van der Waals surface area contributed by atoms with Crippen LogP contribution in [-0.4, -0.2) is 31.1 Å². The van der Waals surface area contributed by atoms with Gasteiger partial charge in [0.2, 0.25) is 0 Å². The molecular weight excluding hydrogens is 244 g/mol. The molecule has 0 aliphatic heterocycles. The molecule has 1 aromatic rings. The lowest BCUT2D eigenvalue weighted by atomic mass is 10.1. The number of rotatable bonds is 6. The van der Waals surface area contributed by atoms with Gasteiger partial charge in [0.1, 0.15) is 6.54 Å². The molecule has 19 heavy (non-hydrogen) atoms. The zero-order valence-corrected chi connectivity index (χ0v) is 11.5. The van der Waals surface area contributed by atoms with Crippen LogP contribution in [0.2, 0.25) is 0 Å². The van der Waals surface area contributed by atoms with E-state index in [0.717, 1.165) is 5.69 Å². The minimum Gasteiger partial charge on any atom is -0.465 e. The number of esters is 1. The molecule has 1 aromatic carbocycles. The molecule has 0 unspecified atom stereocenters. The number of para-hydroxylation sites is 1. The number of anilines is 1. The van der Waals surface area contributed by atoms with Gasteiger partial charge in [-0.15, -0.1) is 0 Å². The summed E-state index contributed by atoms with van der Waals surface area (Å²) in [5, 5.41) is 5.73. The van der Waals surface area contributed by atoms with Gasteiger partial charge >= 0.3 is 5.97 Å². The van der Waals surface area contributed by atoms with Crippen LogP contribution in [0.4, 0.5) is 5.69 Å². The lowest BCUT2D eigenvalue weighted by Gasteiger charge is -2.14. The van der Waals surface area contributed by atoms with Gasteiger partial charge in [-0.25, -0.2) is 0 Å². The summed E-state index contributed by atoms with van der Waals surface area (Å²) in [5.74, 6) is -0.734. The summed E-state index contributed by atoms with van der Waals surface area (Å²) in [6, 6.07) is 7.40. The van der Waals surface area contributed by atoms with E-state index in [9.17, 15) is 9.59 Å². The number of ether oxygens (including phenoxy) is 1. The van der Waals surface area contributed by atoms with Crippen LogP contribution in [0.1, 0.15) is 31.1 Å². The van der Waals surface area contributed by atoms with Gasteiger partial charge in [0.25, 0.3) is 5.91 Å². The van der Waals surface area contributed by atoms with E-state index in [-0.39, 0.29) is 18.5 Å². The van der Waals surface area contributed by atoms with Crippen molar-refractivity contribution in [3.05, 3.63) is 29.8 Å². The maximum absolute atomic E-state index is 12.0. The third kappa shape index (κ3) is 4.99. The number of nitrogens with one attached hydrogen (secondary N) is 2. The van der Waals surface area contributed by atoms with Crippen LogP contribution < -0.4 is 10.6 Å². The molecule has 0 spiro atoms. The Labute approximate surface area is 113 Å². The molecule has 0 heterocycles. The smallest absolute Gasteiger partial charge is 0.325 e. The van der Waals surface area contributed by atoms with Crippen molar-refractivity contribution in [2.45, 2.75) is 26.8 Å². The molecule has 0 bridgehead atoms. The summed E-state index contributed by atoms with van der Waals surface area (Å²) in [7, 11) is 0. The molecule has 104 valence electrons. The van der Waals surface area contributed by atoms with Gasteiger partial charge in [-0.3, -0.25) is 9.59 Å². The predicted octanol–water partition coefficient (Wildman–Crippen LogP) is 1.80. The average molecular weight is 264 g/mol. The molecule has 0 aliphatic rings. The number of benzene rings is 1. The highest BCUT2D eigenvalue weighted by molar-refractivity contribution is 6.00. The lowest BCUT2D eigenvalue weighted by Crippen LogP contribution is -2.31. The third-order valence-corrected chi connectivity index (χ3v) is 2.31. The topological polar surface area (TPSA) is 67.4 Å². The van der Waals surface area contributed by atoms with Gasteiger partial charge in [-0.1, -0.05) is 12.1 Å². The number of hydrogen-bond donors (Lipinski definition) is 2. The van der Waals surface area contributed by atoms with Crippen molar-refractivity contribution < 1.29 is 14.3 Å². The van der Waals surface area contributed by atoms with E-state index in [1.54, 1.807) is 19.1 Å². The first-order valence-corrected chi connectivity index (χ1v) is 6.34. The van der Waals surface area contributed by atoms with Crippen LogP contribution in [0.25, 0.3) is 0 Å². The van der Waals surface area contributed by atoms with E-state index in [1.165, 1.54) is 0 Å². The highest BCUT2D eigenvalue weighted by atomic mass is 16.5. The Bertz CT molecular complexity index is 444. The Morgan fingerprint density at radius 1 is 1.26 bits per heavy atom. The molecule has 0 aliphatic carbocycles. The summed E-state index contributed by atoms with van der Waals surface area (Å²) in [4.78, 5) is 23.2. The SMILES string of the molecule is CCOC(=O)CNC(=O)c1ccccc1NC(C)C. The van der Waals surface area contributed by atoms with Crippen LogP contribution >= 0.6 is 0 Å². The normalized spacial score (nSPS) is 10.1. The highest BCUT2D eigenvalue weighted by Gasteiger charge is 2.12. The largest absolute Gasteiger partial charge is 0.465 e. The van der Waals surface area contributed by atoms with Crippen LogP contribution in [-0.2, 0) is 9.53 Å². The van der Waals surface area contributed by atoms with Gasteiger partial charge in [0, 0.05) is 11.7 Å². The first-order valence-electron chi connectivity index (χ1n) is 6.34. The van der Waals surface area contributed by atoms with Crippen molar-refractivity contribution in [3.63, 3.8) is 0 Å². The van der Waals surface area contributed by atoms with Crippen molar-refractivity contribution in [1.29, 1.82) is 0 Å². The molecule has 5 heteroatoms. The molecule has 0 saturated heterocycles. The van der Waals surface area contributed by atoms with Crippen molar-refractivity contribution in [3.8, 4) is 0 Å². The van der Waals surface area contributed by atoms with Crippen LogP contribution in [0.3, 0.4) is 0 Å². The van der Waals surface area contributed by atoms with E-state index < -0.39 is 5.97 Å². The van der Waals surface area contributed by atoms with Gasteiger partial charge in [0.15, 0.2) is 0 Å². The van der Waals surface area contributed by atoms with Crippen LogP contribution in [0.5, 0.6) is 0 Å². The van der Waals surface area contributed by atoms with Gasteiger partial charge in [-0.05, 0) is 32.9 Å². The molecule has 1 amide bonds.